The third kappa shape index (κ3) is 6.25. The Bertz CT molecular complexity index is 1400. The Balaban J connectivity index is 1.41. The van der Waals surface area contributed by atoms with Crippen molar-refractivity contribution in [3.63, 3.8) is 0 Å². The van der Waals surface area contributed by atoms with Gasteiger partial charge in [-0.25, -0.2) is 9.78 Å². The molecule has 0 bridgehead atoms. The van der Waals surface area contributed by atoms with Crippen molar-refractivity contribution in [3.05, 3.63) is 106 Å². The van der Waals surface area contributed by atoms with E-state index in [0.29, 0.717) is 12.1 Å². The van der Waals surface area contributed by atoms with Crippen molar-refractivity contribution in [2.45, 2.75) is 46.7 Å². The van der Waals surface area contributed by atoms with E-state index in [9.17, 15) is 14.7 Å². The molecule has 2 aromatic carbocycles. The molecule has 0 spiro atoms. The zero-order valence-corrected chi connectivity index (χ0v) is 21.5. The summed E-state index contributed by atoms with van der Waals surface area (Å²) in [5, 5.41) is 15.8. The van der Waals surface area contributed by atoms with E-state index in [4.69, 9.17) is 4.42 Å². The monoisotopic (exact) mass is 497 g/mol. The lowest BCUT2D eigenvalue weighted by Gasteiger charge is -2.17. The van der Waals surface area contributed by atoms with Gasteiger partial charge < -0.3 is 20.2 Å². The van der Waals surface area contributed by atoms with Gasteiger partial charge in [0.15, 0.2) is 0 Å². The number of furan rings is 1. The molecule has 37 heavy (non-hydrogen) atoms. The fourth-order valence-corrected chi connectivity index (χ4v) is 4.49. The van der Waals surface area contributed by atoms with Gasteiger partial charge >= 0.3 is 5.97 Å². The fraction of sp³-hybridized carbons (Fsp3) is 0.233. The van der Waals surface area contributed by atoms with Gasteiger partial charge in [0.2, 0.25) is 0 Å². The van der Waals surface area contributed by atoms with Gasteiger partial charge in [-0.3, -0.25) is 4.79 Å². The Morgan fingerprint density at radius 3 is 2.30 bits per heavy atom. The summed E-state index contributed by atoms with van der Waals surface area (Å²) in [6, 6.07) is 16.2. The number of carbonyl (C=O) groups is 2. The van der Waals surface area contributed by atoms with Crippen molar-refractivity contribution >= 4 is 17.7 Å². The second kappa shape index (κ2) is 11.1. The summed E-state index contributed by atoms with van der Waals surface area (Å²) >= 11 is 0. The number of benzene rings is 2. The van der Waals surface area contributed by atoms with E-state index in [2.05, 4.69) is 15.6 Å². The summed E-state index contributed by atoms with van der Waals surface area (Å²) in [5.74, 6) is 0.0969. The van der Waals surface area contributed by atoms with Crippen LogP contribution in [0.4, 0.5) is 5.82 Å². The van der Waals surface area contributed by atoms with E-state index in [1.165, 1.54) is 0 Å². The fourth-order valence-electron chi connectivity index (χ4n) is 4.49. The van der Waals surface area contributed by atoms with Gasteiger partial charge in [0.1, 0.15) is 17.6 Å². The van der Waals surface area contributed by atoms with E-state index in [0.717, 1.165) is 50.5 Å². The number of aryl methyl sites for hydroxylation is 4. The predicted octanol–water partition coefficient (Wildman–Crippen LogP) is 5.61. The third-order valence-electron chi connectivity index (χ3n) is 6.31. The van der Waals surface area contributed by atoms with Crippen LogP contribution in [0.1, 0.15) is 43.7 Å². The second-order valence-corrected chi connectivity index (χ2v) is 9.38. The zero-order chi connectivity index (χ0) is 26.5. The number of amides is 1. The molecule has 3 N–H and O–H groups in total. The second-order valence-electron chi connectivity index (χ2n) is 9.38. The van der Waals surface area contributed by atoms with E-state index in [-0.39, 0.29) is 12.3 Å². The van der Waals surface area contributed by atoms with E-state index >= 15 is 0 Å². The molecule has 0 saturated heterocycles. The first-order valence-electron chi connectivity index (χ1n) is 12.1. The molecule has 1 unspecified atom stereocenters. The topological polar surface area (TPSA) is 104 Å². The predicted molar refractivity (Wildman–Crippen MR) is 144 cm³/mol. The molecule has 0 saturated carbocycles. The van der Waals surface area contributed by atoms with Crippen LogP contribution in [0.5, 0.6) is 0 Å². The average molecular weight is 498 g/mol. The summed E-state index contributed by atoms with van der Waals surface area (Å²) in [5.41, 5.74) is 6.97. The van der Waals surface area contributed by atoms with Crippen molar-refractivity contribution in [2.75, 3.05) is 5.32 Å². The number of aromatic nitrogens is 1. The van der Waals surface area contributed by atoms with Gasteiger partial charge in [-0.15, -0.1) is 0 Å². The maximum atomic E-state index is 12.9. The lowest BCUT2D eigenvalue weighted by molar-refractivity contribution is -0.139. The molecule has 4 rings (SSSR count). The van der Waals surface area contributed by atoms with Crippen LogP contribution in [0.3, 0.4) is 0 Å². The standard InChI is InChI=1S/C30H31N3O4/c1-18-12-20(3)27(21(4)13-18)29(34)33-25(30(35)36)14-22-7-9-24(10-8-22)26-15-23(17-37-26)16-32-28-19(2)6-5-11-31-28/h5-13,15,17,25H,14,16H2,1-4H3,(H,31,32)(H,33,34)(H,35,36). The molecule has 0 aliphatic carbocycles. The maximum Gasteiger partial charge on any atom is 0.326 e. The van der Waals surface area contributed by atoms with Gasteiger partial charge in [-0.1, -0.05) is 48.0 Å². The van der Waals surface area contributed by atoms with Crippen molar-refractivity contribution < 1.29 is 19.1 Å². The molecular weight excluding hydrogens is 466 g/mol. The number of carboxylic acid groups (broad SMARTS) is 1. The average Bonchev–Trinajstić information content (AvgIpc) is 3.32. The summed E-state index contributed by atoms with van der Waals surface area (Å²) in [7, 11) is 0. The molecule has 0 fully saturated rings. The van der Waals surface area contributed by atoms with Crippen LogP contribution in [-0.2, 0) is 17.8 Å². The minimum Gasteiger partial charge on any atom is -0.480 e. The highest BCUT2D eigenvalue weighted by molar-refractivity contribution is 5.99. The summed E-state index contributed by atoms with van der Waals surface area (Å²) < 4.78 is 5.75. The Morgan fingerprint density at radius 1 is 0.946 bits per heavy atom. The molecule has 190 valence electrons. The maximum absolute atomic E-state index is 12.9. The molecule has 2 heterocycles. The van der Waals surface area contributed by atoms with Gasteiger partial charge in [0, 0.05) is 35.9 Å². The Kier molecular flexibility index (Phi) is 7.72. The number of anilines is 1. The van der Waals surface area contributed by atoms with Gasteiger partial charge in [-0.05, 0) is 62.1 Å². The van der Waals surface area contributed by atoms with Crippen LogP contribution < -0.4 is 10.6 Å². The first kappa shape index (κ1) is 25.7. The highest BCUT2D eigenvalue weighted by atomic mass is 16.4. The van der Waals surface area contributed by atoms with E-state index in [1.807, 2.05) is 82.3 Å². The Hall–Kier alpha value is -4.39. The minimum absolute atomic E-state index is 0.169. The number of nitrogens with zero attached hydrogens (tertiary/aromatic N) is 1. The van der Waals surface area contributed by atoms with Gasteiger partial charge in [0.05, 0.1) is 6.26 Å². The SMILES string of the molecule is Cc1cc(C)c(C(=O)NC(Cc2ccc(-c3cc(CNc4ncccc4C)co3)cc2)C(=O)O)c(C)c1. The Labute approximate surface area is 216 Å². The van der Waals surface area contributed by atoms with Crippen molar-refractivity contribution in [1.82, 2.24) is 10.3 Å². The first-order valence-corrected chi connectivity index (χ1v) is 12.1. The van der Waals surface area contributed by atoms with E-state index < -0.39 is 12.0 Å². The van der Waals surface area contributed by atoms with Gasteiger partial charge in [-0.2, -0.15) is 0 Å². The summed E-state index contributed by atoms with van der Waals surface area (Å²) in [6.07, 6.45) is 3.63. The van der Waals surface area contributed by atoms with Crippen molar-refractivity contribution in [2.24, 2.45) is 0 Å². The zero-order valence-electron chi connectivity index (χ0n) is 21.5. The highest BCUT2D eigenvalue weighted by Gasteiger charge is 2.23. The number of pyridine rings is 1. The normalized spacial score (nSPS) is 11.7. The van der Waals surface area contributed by atoms with Gasteiger partial charge in [0.25, 0.3) is 5.91 Å². The number of aliphatic carboxylic acids is 1. The van der Waals surface area contributed by atoms with Crippen molar-refractivity contribution in [1.29, 1.82) is 0 Å². The third-order valence-corrected chi connectivity index (χ3v) is 6.31. The number of carbonyl (C=O) groups excluding carboxylic acids is 1. The Morgan fingerprint density at radius 2 is 1.65 bits per heavy atom. The number of hydrogen-bond donors (Lipinski definition) is 3. The molecule has 1 atom stereocenters. The van der Waals surface area contributed by atoms with Crippen LogP contribution in [-0.4, -0.2) is 28.0 Å². The molecule has 0 radical (unpaired) electrons. The molecular formula is C30H31N3O4. The van der Waals surface area contributed by atoms with Crippen LogP contribution in [0.15, 0.2) is 71.5 Å². The van der Waals surface area contributed by atoms with Crippen LogP contribution in [0.2, 0.25) is 0 Å². The molecule has 7 nitrogen and oxygen atoms in total. The van der Waals surface area contributed by atoms with Crippen molar-refractivity contribution in [3.8, 4) is 11.3 Å². The number of nitrogens with one attached hydrogen (secondary N) is 2. The first-order chi connectivity index (χ1) is 17.7. The minimum atomic E-state index is -1.08. The number of rotatable bonds is 9. The van der Waals surface area contributed by atoms with Crippen LogP contribution in [0, 0.1) is 27.7 Å². The lowest BCUT2D eigenvalue weighted by Crippen LogP contribution is -2.42. The number of carboxylic acids is 1. The molecule has 7 heteroatoms. The highest BCUT2D eigenvalue weighted by Crippen LogP contribution is 2.24. The largest absolute Gasteiger partial charge is 0.480 e. The summed E-state index contributed by atoms with van der Waals surface area (Å²) in [6.45, 7) is 8.27. The van der Waals surface area contributed by atoms with Crippen LogP contribution in [0.25, 0.3) is 11.3 Å². The lowest BCUT2D eigenvalue weighted by atomic mass is 9.98. The smallest absolute Gasteiger partial charge is 0.326 e. The van der Waals surface area contributed by atoms with E-state index in [1.54, 1.807) is 12.5 Å². The molecule has 0 aliphatic rings. The van der Waals surface area contributed by atoms with Crippen LogP contribution >= 0.6 is 0 Å². The molecule has 0 aliphatic heterocycles. The molecule has 4 aromatic rings. The summed E-state index contributed by atoms with van der Waals surface area (Å²) in [4.78, 5) is 29.2. The number of hydrogen-bond acceptors (Lipinski definition) is 5. The quantitative estimate of drug-likeness (QED) is 0.278. The molecule has 1 amide bonds. The molecule has 2 aromatic heterocycles.